The highest BCUT2D eigenvalue weighted by Gasteiger charge is 2.35. The fourth-order valence-electron chi connectivity index (χ4n) is 7.03. The molecule has 2 saturated heterocycles. The highest BCUT2D eigenvalue weighted by Crippen LogP contribution is 2.35. The van der Waals surface area contributed by atoms with E-state index in [2.05, 4.69) is 32.8 Å². The second-order valence-electron chi connectivity index (χ2n) is 12.7. The molecule has 3 aliphatic heterocycles. The van der Waals surface area contributed by atoms with E-state index >= 15 is 0 Å². The number of benzene rings is 2. The Kier molecular flexibility index (Phi) is 9.20. The van der Waals surface area contributed by atoms with Gasteiger partial charge in [0.1, 0.15) is 24.8 Å². The van der Waals surface area contributed by atoms with E-state index in [0.717, 1.165) is 58.5 Å². The lowest BCUT2D eigenvalue weighted by molar-refractivity contribution is 0.0767. The molecule has 4 aromatic rings. The van der Waals surface area contributed by atoms with Gasteiger partial charge in [-0.1, -0.05) is 30.3 Å². The maximum Gasteiger partial charge on any atom is 0.410 e. The van der Waals surface area contributed by atoms with Crippen LogP contribution in [0.1, 0.15) is 36.1 Å². The molecule has 2 aromatic heterocycles. The molecule has 0 radical (unpaired) electrons. The summed E-state index contributed by atoms with van der Waals surface area (Å²) in [5.74, 6) is 0.490. The number of fused-ring (bicyclic) bond motifs is 2. The lowest BCUT2D eigenvalue weighted by Gasteiger charge is -2.42. The van der Waals surface area contributed by atoms with Crippen molar-refractivity contribution in [2.24, 2.45) is 0 Å². The number of nitriles is 1. The minimum atomic E-state index is -0.424. The number of hydrogen-bond acceptors (Lipinski definition) is 10. The molecule has 2 aromatic carbocycles. The normalized spacial score (nSPS) is 19.6. The summed E-state index contributed by atoms with van der Waals surface area (Å²) in [5.41, 5.74) is 3.73. The van der Waals surface area contributed by atoms with E-state index in [9.17, 15) is 14.4 Å². The first-order chi connectivity index (χ1) is 23.5. The van der Waals surface area contributed by atoms with Crippen LogP contribution in [0.25, 0.3) is 10.8 Å². The first-order valence-electron chi connectivity index (χ1n) is 16.6. The maximum atomic E-state index is 14.0. The highest BCUT2D eigenvalue weighted by molar-refractivity contribution is 5.93. The van der Waals surface area contributed by atoms with Gasteiger partial charge in [0.25, 0.3) is 0 Å². The average molecular weight is 651 g/mol. The lowest BCUT2D eigenvalue weighted by atomic mass is 10.0. The summed E-state index contributed by atoms with van der Waals surface area (Å²) in [5, 5.41) is 11.4. The van der Waals surface area contributed by atoms with E-state index in [0.29, 0.717) is 57.8 Å². The molecule has 0 bridgehead atoms. The number of likely N-dealkylation sites (N-methyl/N-ethyl adjacent to an activating group) is 1. The summed E-state index contributed by atoms with van der Waals surface area (Å²) in [6.45, 7) is 4.28. The number of hydrogen-bond donors (Lipinski definition) is 0. The van der Waals surface area contributed by atoms with Gasteiger partial charge in [0, 0.05) is 54.8 Å². The molecule has 11 nitrogen and oxygen atoms in total. The number of nitrogens with zero attached hydrogens (tertiary/aromatic N) is 8. The zero-order chi connectivity index (χ0) is 33.0. The quantitative estimate of drug-likeness (QED) is 0.260. The monoisotopic (exact) mass is 650 g/mol. The van der Waals surface area contributed by atoms with Crippen LogP contribution in [0.4, 0.5) is 20.7 Å². The number of amides is 1. The predicted octanol–water partition coefficient (Wildman–Crippen LogP) is 4.94. The summed E-state index contributed by atoms with van der Waals surface area (Å²) >= 11 is 0. The Labute approximate surface area is 279 Å². The number of piperazine rings is 1. The Morgan fingerprint density at radius 2 is 1.92 bits per heavy atom. The van der Waals surface area contributed by atoms with Gasteiger partial charge in [-0.15, -0.1) is 0 Å². The van der Waals surface area contributed by atoms with E-state index in [1.807, 2.05) is 36.5 Å². The van der Waals surface area contributed by atoms with Gasteiger partial charge in [-0.2, -0.15) is 15.2 Å². The fraction of sp³-hybridized carbons (Fsp3) is 0.417. The van der Waals surface area contributed by atoms with E-state index in [4.69, 9.17) is 19.4 Å². The largest absolute Gasteiger partial charge is 0.462 e. The molecule has 2 atom stereocenters. The third-order valence-corrected chi connectivity index (χ3v) is 9.69. The predicted molar refractivity (Wildman–Crippen MR) is 179 cm³/mol. The highest BCUT2D eigenvalue weighted by atomic mass is 19.1. The summed E-state index contributed by atoms with van der Waals surface area (Å²) in [6, 6.07) is 16.9. The fourth-order valence-corrected chi connectivity index (χ4v) is 7.03. The third-order valence-electron chi connectivity index (χ3n) is 9.69. The zero-order valence-electron chi connectivity index (χ0n) is 27.1. The molecule has 2 unspecified atom stereocenters. The molecule has 0 saturated carbocycles. The van der Waals surface area contributed by atoms with Crippen molar-refractivity contribution < 1.29 is 18.7 Å². The molecule has 0 N–H and O–H groups in total. The minimum Gasteiger partial charge on any atom is -0.462 e. The molecule has 7 rings (SSSR count). The molecular weight excluding hydrogens is 611 g/mol. The van der Waals surface area contributed by atoms with Crippen LogP contribution in [0.15, 0.2) is 60.9 Å². The SMILES string of the molecule is CN1CCCC1COc1nc2c(c(N3CCN(C(=O)OCc4ccccc4)C(CC#N)C3)n1)CCN(c1cncc3cc(F)ccc13)C2. The van der Waals surface area contributed by atoms with Crippen molar-refractivity contribution in [1.29, 1.82) is 5.26 Å². The maximum absolute atomic E-state index is 14.0. The first kappa shape index (κ1) is 31.6. The van der Waals surface area contributed by atoms with Gasteiger partial charge >= 0.3 is 12.1 Å². The second kappa shape index (κ2) is 14.0. The van der Waals surface area contributed by atoms with Crippen LogP contribution in [-0.2, 0) is 24.3 Å². The summed E-state index contributed by atoms with van der Waals surface area (Å²) < 4.78 is 26.0. The van der Waals surface area contributed by atoms with Crippen LogP contribution in [-0.4, -0.2) is 89.3 Å². The molecule has 0 aliphatic carbocycles. The van der Waals surface area contributed by atoms with Crippen molar-refractivity contribution >= 4 is 28.4 Å². The molecule has 1 amide bonds. The Balaban J connectivity index is 1.15. The van der Waals surface area contributed by atoms with Gasteiger partial charge in [0.15, 0.2) is 0 Å². The van der Waals surface area contributed by atoms with Crippen LogP contribution in [0.2, 0.25) is 0 Å². The molecule has 0 spiro atoms. The Hall–Kier alpha value is -5.02. The van der Waals surface area contributed by atoms with Gasteiger partial charge in [-0.05, 0) is 56.6 Å². The van der Waals surface area contributed by atoms with Gasteiger partial charge in [0.05, 0.1) is 42.7 Å². The summed E-state index contributed by atoms with van der Waals surface area (Å²) in [4.78, 5) is 35.9. The number of likely N-dealkylation sites (tertiary alicyclic amines) is 1. The van der Waals surface area contributed by atoms with E-state index < -0.39 is 6.09 Å². The summed E-state index contributed by atoms with van der Waals surface area (Å²) in [7, 11) is 2.11. The molecule has 48 heavy (non-hydrogen) atoms. The van der Waals surface area contributed by atoms with E-state index in [-0.39, 0.29) is 24.9 Å². The van der Waals surface area contributed by atoms with Crippen molar-refractivity contribution in [2.75, 3.05) is 56.2 Å². The standard InChI is InChI=1S/C36H39FN8O3/c1-42-14-5-8-29(42)24-47-35-40-32-22-43(33-20-39-19-26-18-27(37)9-10-30(26)33)15-12-31(32)34(41-35)44-16-17-45(28(21-44)11-13-38)36(46)48-23-25-6-3-2-4-7-25/h2-4,6-7,9-10,18-20,28-29H,5,8,11-12,14-17,21-24H2,1H3. The first-order valence-corrected chi connectivity index (χ1v) is 16.6. The van der Waals surface area contributed by atoms with E-state index in [1.54, 1.807) is 17.2 Å². The number of aromatic nitrogens is 3. The van der Waals surface area contributed by atoms with Crippen LogP contribution >= 0.6 is 0 Å². The zero-order valence-corrected chi connectivity index (χ0v) is 27.1. The van der Waals surface area contributed by atoms with Crippen molar-refractivity contribution in [1.82, 2.24) is 24.8 Å². The molecule has 12 heteroatoms. The van der Waals surface area contributed by atoms with Gasteiger partial charge in [-0.25, -0.2) is 9.18 Å². The number of anilines is 2. The Morgan fingerprint density at radius 3 is 2.73 bits per heavy atom. The van der Waals surface area contributed by atoms with Gasteiger partial charge in [-0.3, -0.25) is 4.98 Å². The van der Waals surface area contributed by atoms with Crippen LogP contribution < -0.4 is 14.5 Å². The van der Waals surface area contributed by atoms with Crippen molar-refractivity contribution in [3.05, 3.63) is 83.6 Å². The number of rotatable bonds is 8. The lowest BCUT2D eigenvalue weighted by Crippen LogP contribution is -2.55. The number of halogens is 1. The Morgan fingerprint density at radius 1 is 1.04 bits per heavy atom. The average Bonchev–Trinajstić information content (AvgIpc) is 3.53. The van der Waals surface area contributed by atoms with Crippen molar-refractivity contribution in [3.8, 4) is 12.1 Å². The molecule has 5 heterocycles. The van der Waals surface area contributed by atoms with Crippen molar-refractivity contribution in [3.63, 3.8) is 0 Å². The number of ether oxygens (including phenoxy) is 2. The van der Waals surface area contributed by atoms with Crippen molar-refractivity contribution in [2.45, 2.75) is 50.9 Å². The van der Waals surface area contributed by atoms with Gasteiger partial charge < -0.3 is 29.1 Å². The van der Waals surface area contributed by atoms with E-state index in [1.165, 1.54) is 12.1 Å². The minimum absolute atomic E-state index is 0.171. The number of carbonyl (C=O) groups is 1. The topological polar surface area (TPSA) is 111 Å². The molecule has 3 aliphatic rings. The summed E-state index contributed by atoms with van der Waals surface area (Å²) in [6.07, 6.45) is 6.13. The van der Waals surface area contributed by atoms with Gasteiger partial charge in [0.2, 0.25) is 0 Å². The number of pyridine rings is 1. The van der Waals surface area contributed by atoms with Crippen LogP contribution in [0, 0.1) is 17.1 Å². The number of carbonyl (C=O) groups excluding carboxylic acids is 1. The van der Waals surface area contributed by atoms with Crippen LogP contribution in [0.5, 0.6) is 6.01 Å². The van der Waals surface area contributed by atoms with Crippen LogP contribution in [0.3, 0.4) is 0 Å². The second-order valence-corrected chi connectivity index (χ2v) is 12.7. The molecule has 2 fully saturated rings. The molecular formula is C36H39FN8O3. The Bertz CT molecular complexity index is 1820. The molecule has 248 valence electrons. The third kappa shape index (κ3) is 6.69. The smallest absolute Gasteiger partial charge is 0.410 e.